The van der Waals surface area contributed by atoms with Crippen molar-refractivity contribution in [3.63, 3.8) is 0 Å². The van der Waals surface area contributed by atoms with Crippen molar-refractivity contribution in [1.82, 2.24) is 0 Å². The molecule has 8 heteroatoms. The normalized spacial score (nSPS) is 20.7. The molecule has 2 aliphatic rings. The van der Waals surface area contributed by atoms with Crippen molar-refractivity contribution < 1.29 is 33.5 Å². The van der Waals surface area contributed by atoms with Gasteiger partial charge in [0.25, 0.3) is 5.91 Å². The maximum Gasteiger partial charge on any atom is 0.282 e. The third kappa shape index (κ3) is 4.86. The van der Waals surface area contributed by atoms with Crippen molar-refractivity contribution in [2.45, 2.75) is 19.5 Å². The highest BCUT2D eigenvalue weighted by atomic mass is 16.7. The Kier molecular flexibility index (Phi) is 6.48. The van der Waals surface area contributed by atoms with Crippen LogP contribution < -0.4 is 34.1 Å². The van der Waals surface area contributed by atoms with Gasteiger partial charge in [-0.2, -0.15) is 0 Å². The van der Waals surface area contributed by atoms with Gasteiger partial charge in [0, 0.05) is 17.3 Å². The van der Waals surface area contributed by atoms with E-state index < -0.39 is 0 Å². The zero-order valence-corrected chi connectivity index (χ0v) is 18.3. The van der Waals surface area contributed by atoms with Crippen LogP contribution in [0.1, 0.15) is 12.5 Å². The fourth-order valence-electron chi connectivity index (χ4n) is 4.22. The van der Waals surface area contributed by atoms with Gasteiger partial charge in [-0.05, 0) is 37.3 Å². The van der Waals surface area contributed by atoms with Crippen LogP contribution in [0.2, 0.25) is 0 Å². The van der Waals surface area contributed by atoms with Crippen LogP contribution in [0.5, 0.6) is 23.0 Å². The van der Waals surface area contributed by atoms with Crippen LogP contribution in [0.3, 0.4) is 0 Å². The van der Waals surface area contributed by atoms with Crippen molar-refractivity contribution in [1.29, 1.82) is 0 Å². The number of benzene rings is 2. The van der Waals surface area contributed by atoms with E-state index in [9.17, 15) is 4.79 Å². The molecule has 2 aliphatic heterocycles. The number of quaternary nitrogens is 2. The predicted octanol–water partition coefficient (Wildman–Crippen LogP) is -0.257. The van der Waals surface area contributed by atoms with E-state index in [1.165, 1.54) is 15.4 Å². The van der Waals surface area contributed by atoms with Gasteiger partial charge in [0.05, 0.1) is 14.2 Å². The largest absolute Gasteiger partial charge is 0.493 e. The average Bonchev–Trinajstić information content (AvgIpc) is 3.27. The zero-order valence-electron chi connectivity index (χ0n) is 18.3. The summed E-state index contributed by atoms with van der Waals surface area (Å²) in [5, 5.41) is 3.02. The SMILES string of the molecule is COc1ccc(C[NH+]2CC[NH+]([C@@H](C)C(=O)Nc3ccc4c(c3)OCO4)CC2)cc1OC. The minimum atomic E-state index is -0.118. The van der Waals surface area contributed by atoms with E-state index in [0.29, 0.717) is 11.5 Å². The van der Waals surface area contributed by atoms with Gasteiger partial charge in [-0.1, -0.05) is 0 Å². The molecule has 0 saturated carbocycles. The third-order valence-corrected chi connectivity index (χ3v) is 6.15. The van der Waals surface area contributed by atoms with Crippen molar-refractivity contribution in [3.8, 4) is 23.0 Å². The first-order valence-corrected chi connectivity index (χ1v) is 10.7. The molecule has 1 saturated heterocycles. The number of hydrogen-bond donors (Lipinski definition) is 3. The standard InChI is InChI=1S/C23H29N3O5/c1-16(23(27)24-18-5-7-20-22(13-18)31-15-30-20)26-10-8-25(9-11-26)14-17-4-6-19(28-2)21(12-17)29-3/h4-7,12-13,16H,8-11,14-15H2,1-3H3,(H,24,27)/p+2/t16-/m0/s1. The predicted molar refractivity (Wildman–Crippen MR) is 115 cm³/mol. The topological polar surface area (TPSA) is 74.9 Å². The van der Waals surface area contributed by atoms with Crippen LogP contribution in [0.4, 0.5) is 5.69 Å². The lowest BCUT2D eigenvalue weighted by Crippen LogP contribution is -3.29. The number of hydrogen-bond acceptors (Lipinski definition) is 5. The molecule has 1 amide bonds. The molecule has 0 unspecified atom stereocenters. The molecule has 0 bridgehead atoms. The molecule has 0 radical (unpaired) electrons. The highest BCUT2D eigenvalue weighted by Gasteiger charge is 2.31. The third-order valence-electron chi connectivity index (χ3n) is 6.15. The lowest BCUT2D eigenvalue weighted by Gasteiger charge is -2.32. The second-order valence-electron chi connectivity index (χ2n) is 8.05. The number of carbonyl (C=O) groups excluding carboxylic acids is 1. The molecule has 0 aliphatic carbocycles. The molecule has 0 aromatic heterocycles. The molecular formula is C23H31N3O5+2. The lowest BCUT2D eigenvalue weighted by molar-refractivity contribution is -1.02. The number of piperazine rings is 1. The number of nitrogens with one attached hydrogen (secondary N) is 3. The summed E-state index contributed by atoms with van der Waals surface area (Å²) in [7, 11) is 3.31. The van der Waals surface area contributed by atoms with Crippen LogP contribution >= 0.6 is 0 Å². The summed E-state index contributed by atoms with van der Waals surface area (Å²) in [4.78, 5) is 15.6. The Morgan fingerprint density at radius 1 is 1.00 bits per heavy atom. The van der Waals surface area contributed by atoms with Crippen LogP contribution in [-0.4, -0.2) is 59.1 Å². The van der Waals surface area contributed by atoms with E-state index in [-0.39, 0.29) is 18.7 Å². The Bertz CT molecular complexity index is 927. The fraction of sp³-hybridized carbons (Fsp3) is 0.435. The van der Waals surface area contributed by atoms with Gasteiger partial charge in [0.2, 0.25) is 6.79 Å². The number of anilines is 1. The van der Waals surface area contributed by atoms with E-state index in [4.69, 9.17) is 18.9 Å². The minimum absolute atomic E-state index is 0.0252. The monoisotopic (exact) mass is 429 g/mol. The second kappa shape index (κ2) is 9.45. The molecule has 1 atom stereocenters. The number of fused-ring (bicyclic) bond motifs is 1. The molecule has 31 heavy (non-hydrogen) atoms. The van der Waals surface area contributed by atoms with E-state index in [2.05, 4.69) is 11.4 Å². The highest BCUT2D eigenvalue weighted by Crippen LogP contribution is 2.34. The summed E-state index contributed by atoms with van der Waals surface area (Å²) in [6.45, 7) is 7.11. The molecule has 8 nitrogen and oxygen atoms in total. The fourth-order valence-corrected chi connectivity index (χ4v) is 4.22. The Morgan fingerprint density at radius 3 is 2.48 bits per heavy atom. The minimum Gasteiger partial charge on any atom is -0.493 e. The maximum atomic E-state index is 12.8. The molecular weight excluding hydrogens is 398 g/mol. The molecule has 2 aromatic rings. The molecule has 4 rings (SSSR count). The Hall–Kier alpha value is -2.97. The summed E-state index contributed by atoms with van der Waals surface area (Å²) < 4.78 is 21.5. The highest BCUT2D eigenvalue weighted by molar-refractivity contribution is 5.94. The van der Waals surface area contributed by atoms with E-state index >= 15 is 0 Å². The van der Waals surface area contributed by atoms with Gasteiger partial charge < -0.3 is 34.1 Å². The summed E-state index contributed by atoms with van der Waals surface area (Å²) in [6.07, 6.45) is 0. The lowest BCUT2D eigenvalue weighted by atomic mass is 10.1. The summed E-state index contributed by atoms with van der Waals surface area (Å²) >= 11 is 0. The quantitative estimate of drug-likeness (QED) is 0.566. The van der Waals surface area contributed by atoms with Gasteiger partial charge in [0.15, 0.2) is 29.0 Å². The van der Waals surface area contributed by atoms with E-state index in [1.807, 2.05) is 37.3 Å². The van der Waals surface area contributed by atoms with E-state index in [1.54, 1.807) is 14.2 Å². The van der Waals surface area contributed by atoms with Crippen LogP contribution in [0, 0.1) is 0 Å². The van der Waals surface area contributed by atoms with Crippen molar-refractivity contribution in [3.05, 3.63) is 42.0 Å². The summed E-state index contributed by atoms with van der Waals surface area (Å²) in [5.74, 6) is 2.92. The average molecular weight is 430 g/mol. The Labute approximate surface area is 182 Å². The van der Waals surface area contributed by atoms with E-state index in [0.717, 1.165) is 49.9 Å². The van der Waals surface area contributed by atoms with Gasteiger partial charge in [-0.15, -0.1) is 0 Å². The molecule has 2 aromatic carbocycles. The van der Waals surface area contributed by atoms with Crippen molar-refractivity contribution in [2.24, 2.45) is 0 Å². The van der Waals surface area contributed by atoms with Crippen LogP contribution in [0.15, 0.2) is 36.4 Å². The maximum absolute atomic E-state index is 12.8. The molecule has 2 heterocycles. The first-order chi connectivity index (χ1) is 15.1. The Morgan fingerprint density at radius 2 is 1.74 bits per heavy atom. The Balaban J connectivity index is 1.28. The van der Waals surface area contributed by atoms with Gasteiger partial charge >= 0.3 is 0 Å². The van der Waals surface area contributed by atoms with Gasteiger partial charge in [0.1, 0.15) is 32.7 Å². The van der Waals surface area contributed by atoms with Gasteiger partial charge in [-0.3, -0.25) is 4.79 Å². The number of rotatable bonds is 7. The van der Waals surface area contributed by atoms with Crippen LogP contribution in [0.25, 0.3) is 0 Å². The number of amides is 1. The number of carbonyl (C=O) groups is 1. The zero-order chi connectivity index (χ0) is 21.8. The smallest absolute Gasteiger partial charge is 0.282 e. The molecule has 166 valence electrons. The summed E-state index contributed by atoms with van der Waals surface area (Å²) in [6, 6.07) is 11.5. The first-order valence-electron chi connectivity index (χ1n) is 10.7. The molecule has 1 fully saturated rings. The van der Waals surface area contributed by atoms with Crippen molar-refractivity contribution >= 4 is 11.6 Å². The van der Waals surface area contributed by atoms with Crippen molar-refractivity contribution in [2.75, 3.05) is 52.5 Å². The number of methoxy groups -OCH3 is 2. The number of ether oxygens (including phenoxy) is 4. The van der Waals surface area contributed by atoms with Crippen LogP contribution in [-0.2, 0) is 11.3 Å². The summed E-state index contributed by atoms with van der Waals surface area (Å²) in [5.41, 5.74) is 1.96. The first kappa shape index (κ1) is 21.3. The molecule has 0 spiro atoms. The molecule has 3 N–H and O–H groups in total. The van der Waals surface area contributed by atoms with Gasteiger partial charge in [-0.25, -0.2) is 0 Å². The second-order valence-corrected chi connectivity index (χ2v) is 8.05.